The van der Waals surface area contributed by atoms with Gasteiger partial charge in [-0.1, -0.05) is 55.0 Å². The van der Waals surface area contributed by atoms with Gasteiger partial charge in [-0.25, -0.2) is 0 Å². The SMILES string of the molecule is CCCNCCNC(=O)c1cnc(-c2ccccc2C)c2ccc(C)cc12. The lowest BCUT2D eigenvalue weighted by atomic mass is 9.96. The van der Waals surface area contributed by atoms with Crippen molar-refractivity contribution in [3.05, 3.63) is 65.4 Å². The Morgan fingerprint density at radius 1 is 1.00 bits per heavy atom. The maximum Gasteiger partial charge on any atom is 0.253 e. The third-order valence-corrected chi connectivity index (χ3v) is 4.70. The Morgan fingerprint density at radius 3 is 2.59 bits per heavy atom. The standard InChI is InChI=1S/C23H27N3O/c1-4-11-24-12-13-25-23(27)21-15-26-22(18-8-6-5-7-17(18)3)19-10-9-16(2)14-20(19)21/h5-10,14-15,24H,4,11-13H2,1-3H3,(H,25,27). The van der Waals surface area contributed by atoms with Crippen molar-refractivity contribution in [1.29, 1.82) is 0 Å². The Morgan fingerprint density at radius 2 is 1.81 bits per heavy atom. The van der Waals surface area contributed by atoms with Gasteiger partial charge in [0.2, 0.25) is 0 Å². The van der Waals surface area contributed by atoms with Crippen molar-refractivity contribution in [2.75, 3.05) is 19.6 Å². The monoisotopic (exact) mass is 361 g/mol. The smallest absolute Gasteiger partial charge is 0.253 e. The Balaban J connectivity index is 1.96. The van der Waals surface area contributed by atoms with Gasteiger partial charge in [0, 0.05) is 30.2 Å². The van der Waals surface area contributed by atoms with E-state index in [-0.39, 0.29) is 5.91 Å². The van der Waals surface area contributed by atoms with Crippen LogP contribution in [0.2, 0.25) is 0 Å². The molecule has 0 fully saturated rings. The van der Waals surface area contributed by atoms with E-state index in [1.807, 2.05) is 19.1 Å². The zero-order valence-corrected chi connectivity index (χ0v) is 16.3. The summed E-state index contributed by atoms with van der Waals surface area (Å²) in [6.07, 6.45) is 2.79. The molecule has 4 nitrogen and oxygen atoms in total. The van der Waals surface area contributed by atoms with Crippen LogP contribution in [-0.2, 0) is 0 Å². The van der Waals surface area contributed by atoms with E-state index in [0.29, 0.717) is 12.1 Å². The van der Waals surface area contributed by atoms with E-state index in [1.54, 1.807) is 6.20 Å². The number of carbonyl (C=O) groups is 1. The predicted molar refractivity (Wildman–Crippen MR) is 112 cm³/mol. The fourth-order valence-corrected chi connectivity index (χ4v) is 3.25. The maximum atomic E-state index is 12.7. The highest BCUT2D eigenvalue weighted by molar-refractivity contribution is 6.10. The van der Waals surface area contributed by atoms with E-state index in [4.69, 9.17) is 0 Å². The quantitative estimate of drug-likeness (QED) is 0.619. The average Bonchev–Trinajstić information content (AvgIpc) is 2.67. The van der Waals surface area contributed by atoms with Gasteiger partial charge in [0.15, 0.2) is 0 Å². The largest absolute Gasteiger partial charge is 0.351 e. The molecule has 0 radical (unpaired) electrons. The molecule has 4 heteroatoms. The Bertz CT molecular complexity index is 950. The number of hydrogen-bond donors (Lipinski definition) is 2. The van der Waals surface area contributed by atoms with Crippen LogP contribution in [0.15, 0.2) is 48.7 Å². The highest BCUT2D eigenvalue weighted by Crippen LogP contribution is 2.31. The molecule has 3 rings (SSSR count). The second-order valence-electron chi connectivity index (χ2n) is 6.89. The number of benzene rings is 2. The van der Waals surface area contributed by atoms with Gasteiger partial charge < -0.3 is 10.6 Å². The number of aryl methyl sites for hydroxylation is 2. The molecule has 0 bridgehead atoms. The lowest BCUT2D eigenvalue weighted by Crippen LogP contribution is -2.32. The van der Waals surface area contributed by atoms with Crippen LogP contribution < -0.4 is 10.6 Å². The fourth-order valence-electron chi connectivity index (χ4n) is 3.25. The molecule has 0 aliphatic heterocycles. The van der Waals surface area contributed by atoms with E-state index < -0.39 is 0 Å². The van der Waals surface area contributed by atoms with Crippen LogP contribution in [0.5, 0.6) is 0 Å². The van der Waals surface area contributed by atoms with Gasteiger partial charge in [-0.05, 0) is 37.8 Å². The lowest BCUT2D eigenvalue weighted by molar-refractivity contribution is 0.0955. The number of rotatable bonds is 7. The van der Waals surface area contributed by atoms with Crippen molar-refractivity contribution >= 4 is 16.7 Å². The van der Waals surface area contributed by atoms with Crippen molar-refractivity contribution < 1.29 is 4.79 Å². The molecule has 0 aliphatic carbocycles. The van der Waals surface area contributed by atoms with Crippen molar-refractivity contribution in [3.63, 3.8) is 0 Å². The Hall–Kier alpha value is -2.72. The minimum atomic E-state index is -0.0762. The van der Waals surface area contributed by atoms with E-state index in [1.165, 1.54) is 5.56 Å². The fraction of sp³-hybridized carbons (Fsp3) is 0.304. The van der Waals surface area contributed by atoms with E-state index in [9.17, 15) is 4.79 Å². The number of hydrogen-bond acceptors (Lipinski definition) is 3. The topological polar surface area (TPSA) is 54.0 Å². The van der Waals surface area contributed by atoms with Crippen molar-refractivity contribution in [2.24, 2.45) is 0 Å². The summed E-state index contributed by atoms with van der Waals surface area (Å²) in [5.74, 6) is -0.0762. The zero-order chi connectivity index (χ0) is 19.2. The van der Waals surface area contributed by atoms with Gasteiger partial charge >= 0.3 is 0 Å². The van der Waals surface area contributed by atoms with Crippen LogP contribution in [0, 0.1) is 13.8 Å². The van der Waals surface area contributed by atoms with Crippen LogP contribution in [0.3, 0.4) is 0 Å². The Labute approximate surface area is 161 Å². The van der Waals surface area contributed by atoms with Crippen LogP contribution >= 0.6 is 0 Å². The summed E-state index contributed by atoms with van der Waals surface area (Å²) in [7, 11) is 0. The highest BCUT2D eigenvalue weighted by Gasteiger charge is 2.15. The molecule has 0 atom stereocenters. The Kier molecular flexibility index (Phi) is 6.20. The molecule has 2 N–H and O–H groups in total. The maximum absolute atomic E-state index is 12.7. The summed E-state index contributed by atoms with van der Waals surface area (Å²) < 4.78 is 0. The first kappa shape index (κ1) is 19.1. The van der Waals surface area contributed by atoms with E-state index >= 15 is 0 Å². The first-order chi connectivity index (χ1) is 13.1. The summed E-state index contributed by atoms with van der Waals surface area (Å²) in [6.45, 7) is 8.59. The molecule has 1 amide bonds. The molecule has 0 saturated heterocycles. The number of aromatic nitrogens is 1. The van der Waals surface area contributed by atoms with Gasteiger partial charge in [-0.15, -0.1) is 0 Å². The molecular formula is C23H27N3O. The molecule has 0 aliphatic rings. The van der Waals surface area contributed by atoms with Crippen molar-refractivity contribution in [1.82, 2.24) is 15.6 Å². The number of nitrogens with one attached hydrogen (secondary N) is 2. The van der Waals surface area contributed by atoms with Gasteiger partial charge in [0.1, 0.15) is 0 Å². The minimum absolute atomic E-state index is 0.0762. The van der Waals surface area contributed by atoms with Crippen LogP contribution in [0.1, 0.15) is 34.8 Å². The molecular weight excluding hydrogens is 334 g/mol. The second-order valence-corrected chi connectivity index (χ2v) is 6.89. The normalized spacial score (nSPS) is 10.9. The summed E-state index contributed by atoms with van der Waals surface area (Å²) >= 11 is 0. The molecule has 27 heavy (non-hydrogen) atoms. The number of carbonyl (C=O) groups excluding carboxylic acids is 1. The number of fused-ring (bicyclic) bond motifs is 1. The number of pyridine rings is 1. The highest BCUT2D eigenvalue weighted by atomic mass is 16.1. The molecule has 0 unspecified atom stereocenters. The zero-order valence-electron chi connectivity index (χ0n) is 16.3. The van der Waals surface area contributed by atoms with E-state index in [0.717, 1.165) is 47.1 Å². The van der Waals surface area contributed by atoms with Gasteiger partial charge in [-0.3, -0.25) is 9.78 Å². The average molecular weight is 361 g/mol. The first-order valence-electron chi connectivity index (χ1n) is 9.56. The third-order valence-electron chi connectivity index (χ3n) is 4.70. The minimum Gasteiger partial charge on any atom is -0.351 e. The molecule has 2 aromatic carbocycles. The van der Waals surface area contributed by atoms with Crippen molar-refractivity contribution in [3.8, 4) is 11.3 Å². The van der Waals surface area contributed by atoms with Gasteiger partial charge in [-0.2, -0.15) is 0 Å². The van der Waals surface area contributed by atoms with Gasteiger partial charge in [0.05, 0.1) is 11.3 Å². The molecule has 1 aromatic heterocycles. The summed E-state index contributed by atoms with van der Waals surface area (Å²) in [5, 5.41) is 8.25. The van der Waals surface area contributed by atoms with Gasteiger partial charge in [0.25, 0.3) is 5.91 Å². The van der Waals surface area contributed by atoms with Crippen molar-refractivity contribution in [2.45, 2.75) is 27.2 Å². The third kappa shape index (κ3) is 4.34. The lowest BCUT2D eigenvalue weighted by Gasteiger charge is -2.13. The molecule has 3 aromatic rings. The van der Waals surface area contributed by atoms with E-state index in [2.05, 4.69) is 59.8 Å². The molecule has 0 saturated carbocycles. The predicted octanol–water partition coefficient (Wildman–Crippen LogP) is 4.25. The van der Waals surface area contributed by atoms with Crippen LogP contribution in [0.25, 0.3) is 22.0 Å². The summed E-state index contributed by atoms with van der Waals surface area (Å²) in [4.78, 5) is 17.4. The molecule has 140 valence electrons. The summed E-state index contributed by atoms with van der Waals surface area (Å²) in [6, 6.07) is 14.4. The molecule has 0 spiro atoms. The second kappa shape index (κ2) is 8.78. The number of amides is 1. The number of nitrogens with zero attached hydrogens (tertiary/aromatic N) is 1. The van der Waals surface area contributed by atoms with Crippen LogP contribution in [-0.4, -0.2) is 30.5 Å². The van der Waals surface area contributed by atoms with Crippen LogP contribution in [0.4, 0.5) is 0 Å². The molecule has 1 heterocycles. The first-order valence-corrected chi connectivity index (χ1v) is 9.56. The summed E-state index contributed by atoms with van der Waals surface area (Å²) in [5.41, 5.74) is 4.95.